The normalized spacial score (nSPS) is 16.3. The lowest BCUT2D eigenvalue weighted by Crippen LogP contribution is -2.35. The first-order chi connectivity index (χ1) is 11.4. The van der Waals surface area contributed by atoms with E-state index in [1.54, 1.807) is 12.1 Å². The van der Waals surface area contributed by atoms with Crippen molar-refractivity contribution < 1.29 is 18.4 Å². The third-order valence-electron chi connectivity index (χ3n) is 3.83. The molecule has 0 spiro atoms. The topological polar surface area (TPSA) is 58.2 Å². The Balaban J connectivity index is 1.78. The molecule has 0 radical (unpaired) electrons. The second-order valence-corrected chi connectivity index (χ2v) is 6.41. The van der Waals surface area contributed by atoms with Gasteiger partial charge in [-0.2, -0.15) is 0 Å². The molecule has 124 valence electrons. The van der Waals surface area contributed by atoms with E-state index < -0.39 is 23.5 Å². The first-order valence-corrected chi connectivity index (χ1v) is 8.04. The molecule has 2 N–H and O–H groups in total. The van der Waals surface area contributed by atoms with E-state index in [2.05, 4.69) is 26.6 Å². The van der Waals surface area contributed by atoms with Gasteiger partial charge in [0.25, 0.3) is 0 Å². The van der Waals surface area contributed by atoms with Gasteiger partial charge in [0.2, 0.25) is 11.8 Å². The molecule has 7 heteroatoms. The molecule has 1 unspecified atom stereocenters. The molecular weight excluding hydrogens is 382 g/mol. The van der Waals surface area contributed by atoms with Gasteiger partial charge in [0.1, 0.15) is 11.6 Å². The molecule has 4 nitrogen and oxygen atoms in total. The summed E-state index contributed by atoms with van der Waals surface area (Å²) in [5.74, 6) is -2.42. The molecule has 2 amide bonds. The van der Waals surface area contributed by atoms with Crippen LogP contribution in [0.5, 0.6) is 0 Å². The van der Waals surface area contributed by atoms with Gasteiger partial charge in [-0.05, 0) is 35.9 Å². The van der Waals surface area contributed by atoms with Crippen LogP contribution in [0.4, 0.5) is 14.5 Å². The number of hydrogen-bond acceptors (Lipinski definition) is 2. The number of amides is 2. The molecule has 0 bridgehead atoms. The number of hydrogen-bond donors (Lipinski definition) is 2. The number of benzene rings is 2. The van der Waals surface area contributed by atoms with Crippen LogP contribution in [0, 0.1) is 11.6 Å². The highest BCUT2D eigenvalue weighted by Gasteiger charge is 2.30. The summed E-state index contributed by atoms with van der Waals surface area (Å²) >= 11 is 3.25. The maximum atomic E-state index is 13.7. The highest BCUT2D eigenvalue weighted by atomic mass is 79.9. The lowest BCUT2D eigenvalue weighted by molar-refractivity contribution is -0.126. The number of rotatable bonds is 3. The van der Waals surface area contributed by atoms with Crippen molar-refractivity contribution in [2.45, 2.75) is 18.9 Å². The zero-order valence-electron chi connectivity index (χ0n) is 12.4. The second-order valence-electron chi connectivity index (χ2n) is 5.49. The Labute approximate surface area is 145 Å². The van der Waals surface area contributed by atoms with Gasteiger partial charge in [-0.1, -0.05) is 22.0 Å². The number of carbonyl (C=O) groups excluding carboxylic acids is 2. The molecule has 1 heterocycles. The third-order valence-corrected chi connectivity index (χ3v) is 4.32. The molecule has 2 aromatic rings. The Morgan fingerprint density at radius 2 is 2.04 bits per heavy atom. The summed E-state index contributed by atoms with van der Waals surface area (Å²) in [7, 11) is 0. The van der Waals surface area contributed by atoms with Crippen molar-refractivity contribution in [3.05, 3.63) is 63.6 Å². The molecule has 1 aliphatic heterocycles. The van der Waals surface area contributed by atoms with Crippen molar-refractivity contribution in [2.75, 3.05) is 5.32 Å². The molecule has 0 aliphatic carbocycles. The van der Waals surface area contributed by atoms with E-state index in [4.69, 9.17) is 0 Å². The molecule has 1 atom stereocenters. The molecule has 3 rings (SSSR count). The Kier molecular flexibility index (Phi) is 4.62. The van der Waals surface area contributed by atoms with E-state index in [9.17, 15) is 18.4 Å². The first-order valence-electron chi connectivity index (χ1n) is 7.25. The van der Waals surface area contributed by atoms with Gasteiger partial charge in [-0.25, -0.2) is 8.78 Å². The van der Waals surface area contributed by atoms with Crippen molar-refractivity contribution in [1.82, 2.24) is 5.32 Å². The Morgan fingerprint density at radius 3 is 2.83 bits per heavy atom. The molecule has 24 heavy (non-hydrogen) atoms. The fraction of sp³-hybridized carbons (Fsp3) is 0.176. The number of anilines is 1. The van der Waals surface area contributed by atoms with Crippen LogP contribution in [0.15, 0.2) is 40.9 Å². The van der Waals surface area contributed by atoms with E-state index in [0.29, 0.717) is 21.3 Å². The number of fused-ring (bicyclic) bond motifs is 1. The quantitative estimate of drug-likeness (QED) is 0.837. The zero-order valence-corrected chi connectivity index (χ0v) is 14.0. The zero-order chi connectivity index (χ0) is 17.3. The van der Waals surface area contributed by atoms with Gasteiger partial charge in [-0.3, -0.25) is 9.59 Å². The van der Waals surface area contributed by atoms with Gasteiger partial charge >= 0.3 is 0 Å². The Hall–Kier alpha value is -2.28. The fourth-order valence-electron chi connectivity index (χ4n) is 2.66. The predicted molar refractivity (Wildman–Crippen MR) is 88.3 cm³/mol. The summed E-state index contributed by atoms with van der Waals surface area (Å²) in [4.78, 5) is 24.2. The van der Waals surface area contributed by atoms with Crippen LogP contribution >= 0.6 is 15.9 Å². The van der Waals surface area contributed by atoms with Crippen LogP contribution in [-0.4, -0.2) is 11.8 Å². The Bertz CT molecular complexity index is 826. The van der Waals surface area contributed by atoms with E-state index in [1.165, 1.54) is 24.3 Å². The van der Waals surface area contributed by atoms with Crippen LogP contribution in [-0.2, 0) is 16.1 Å². The van der Waals surface area contributed by atoms with Crippen molar-refractivity contribution in [3.63, 3.8) is 0 Å². The van der Waals surface area contributed by atoms with E-state index in [-0.39, 0.29) is 18.9 Å². The minimum absolute atomic E-state index is 0.00124. The van der Waals surface area contributed by atoms with Crippen LogP contribution in [0.25, 0.3) is 0 Å². The van der Waals surface area contributed by atoms with Crippen molar-refractivity contribution in [3.8, 4) is 0 Å². The summed E-state index contributed by atoms with van der Waals surface area (Å²) in [6, 6.07) is 8.35. The maximum absolute atomic E-state index is 13.7. The van der Waals surface area contributed by atoms with Gasteiger partial charge in [-0.15, -0.1) is 0 Å². The lowest BCUT2D eigenvalue weighted by atomic mass is 9.89. The SMILES string of the molecule is O=C1CC(C(=O)NCc2cc(Br)ccc2F)c2ccc(F)cc2N1. The fourth-order valence-corrected chi connectivity index (χ4v) is 3.06. The minimum Gasteiger partial charge on any atom is -0.351 e. The maximum Gasteiger partial charge on any atom is 0.228 e. The van der Waals surface area contributed by atoms with Gasteiger partial charge in [0, 0.05) is 28.7 Å². The van der Waals surface area contributed by atoms with E-state index in [0.717, 1.165) is 0 Å². The summed E-state index contributed by atoms with van der Waals surface area (Å²) in [6.07, 6.45) is -0.0363. The highest BCUT2D eigenvalue weighted by molar-refractivity contribution is 9.10. The van der Waals surface area contributed by atoms with Crippen LogP contribution in [0.1, 0.15) is 23.5 Å². The second kappa shape index (κ2) is 6.68. The standard InChI is InChI=1S/C17H13BrF2N2O2/c18-10-1-4-14(20)9(5-10)8-21-17(24)13-7-16(23)22-15-6-11(19)2-3-12(13)15/h1-6,13H,7-8H2,(H,21,24)(H,22,23). The Morgan fingerprint density at radius 1 is 1.25 bits per heavy atom. The van der Waals surface area contributed by atoms with E-state index >= 15 is 0 Å². The van der Waals surface area contributed by atoms with Crippen LogP contribution in [0.3, 0.4) is 0 Å². The first kappa shape index (κ1) is 16.6. The minimum atomic E-state index is -0.732. The predicted octanol–water partition coefficient (Wildman–Crippen LogP) is 3.47. The van der Waals surface area contributed by atoms with Crippen molar-refractivity contribution in [1.29, 1.82) is 0 Å². The van der Waals surface area contributed by atoms with E-state index in [1.807, 2.05) is 0 Å². The van der Waals surface area contributed by atoms with Crippen LogP contribution < -0.4 is 10.6 Å². The molecule has 0 saturated heterocycles. The summed E-state index contributed by atoms with van der Waals surface area (Å²) in [5, 5.41) is 5.19. The van der Waals surface area contributed by atoms with Gasteiger partial charge < -0.3 is 10.6 Å². The largest absolute Gasteiger partial charge is 0.351 e. The molecular formula is C17H13BrF2N2O2. The molecule has 1 aliphatic rings. The average Bonchev–Trinajstić information content (AvgIpc) is 2.54. The third kappa shape index (κ3) is 3.46. The molecule has 0 fully saturated rings. The molecule has 2 aromatic carbocycles. The molecule has 0 saturated carbocycles. The van der Waals surface area contributed by atoms with Crippen molar-refractivity contribution >= 4 is 33.4 Å². The number of nitrogens with one attached hydrogen (secondary N) is 2. The number of carbonyl (C=O) groups is 2. The van der Waals surface area contributed by atoms with Gasteiger partial charge in [0.05, 0.1) is 5.92 Å². The average molecular weight is 395 g/mol. The van der Waals surface area contributed by atoms with Crippen molar-refractivity contribution in [2.24, 2.45) is 0 Å². The summed E-state index contributed by atoms with van der Waals surface area (Å²) in [5.41, 5.74) is 1.17. The lowest BCUT2D eigenvalue weighted by Gasteiger charge is -2.25. The summed E-state index contributed by atoms with van der Waals surface area (Å²) < 4.78 is 27.7. The highest BCUT2D eigenvalue weighted by Crippen LogP contribution is 2.33. The smallest absolute Gasteiger partial charge is 0.228 e. The summed E-state index contributed by atoms with van der Waals surface area (Å²) in [6.45, 7) is -0.00124. The number of halogens is 3. The van der Waals surface area contributed by atoms with Gasteiger partial charge in [0.15, 0.2) is 0 Å². The molecule has 0 aromatic heterocycles. The monoisotopic (exact) mass is 394 g/mol. The van der Waals surface area contributed by atoms with Crippen LogP contribution in [0.2, 0.25) is 0 Å².